The third-order valence-electron chi connectivity index (χ3n) is 2.12. The van der Waals surface area contributed by atoms with Crippen molar-refractivity contribution in [2.45, 2.75) is 19.8 Å². The van der Waals surface area contributed by atoms with E-state index in [2.05, 4.69) is 14.8 Å². The van der Waals surface area contributed by atoms with Crippen molar-refractivity contribution in [3.8, 4) is 0 Å². The summed E-state index contributed by atoms with van der Waals surface area (Å²) in [6, 6.07) is 0. The highest BCUT2D eigenvalue weighted by Crippen LogP contribution is 2.13. The highest BCUT2D eigenvalue weighted by atomic mass is 35.5. The maximum Gasteiger partial charge on any atom is 0.516 e. The van der Waals surface area contributed by atoms with E-state index in [0.717, 1.165) is 25.9 Å². The van der Waals surface area contributed by atoms with Gasteiger partial charge in [-0.3, -0.25) is 4.79 Å². The Labute approximate surface area is 94.9 Å². The van der Waals surface area contributed by atoms with Crippen LogP contribution in [0.4, 0.5) is 4.79 Å². The molecule has 15 heavy (non-hydrogen) atoms. The first kappa shape index (κ1) is 14.2. The minimum absolute atomic E-state index is 0. The van der Waals surface area contributed by atoms with Crippen molar-refractivity contribution in [2.24, 2.45) is 5.92 Å². The molecule has 5 nitrogen and oxygen atoms in total. The van der Waals surface area contributed by atoms with Crippen LogP contribution in [0.15, 0.2) is 0 Å². The summed E-state index contributed by atoms with van der Waals surface area (Å²) in [4.78, 5) is 22.1. The van der Waals surface area contributed by atoms with Crippen LogP contribution in [0, 0.1) is 5.92 Å². The third kappa shape index (κ3) is 4.99. The van der Waals surface area contributed by atoms with E-state index in [0.29, 0.717) is 0 Å². The van der Waals surface area contributed by atoms with E-state index >= 15 is 0 Å². The second kappa shape index (κ2) is 7.48. The van der Waals surface area contributed by atoms with E-state index in [1.807, 2.05) is 0 Å². The van der Waals surface area contributed by atoms with Crippen LogP contribution < -0.4 is 5.32 Å². The van der Waals surface area contributed by atoms with E-state index in [1.54, 1.807) is 6.92 Å². The van der Waals surface area contributed by atoms with Gasteiger partial charge in [0.25, 0.3) is 0 Å². The van der Waals surface area contributed by atoms with E-state index < -0.39 is 12.1 Å². The summed E-state index contributed by atoms with van der Waals surface area (Å²) < 4.78 is 9.01. The van der Waals surface area contributed by atoms with Gasteiger partial charge in [0.2, 0.25) is 0 Å². The second-order valence-electron chi connectivity index (χ2n) is 3.13. The fourth-order valence-electron chi connectivity index (χ4n) is 1.37. The summed E-state index contributed by atoms with van der Waals surface area (Å²) in [7, 11) is 0. The normalized spacial score (nSPS) is 16.3. The van der Waals surface area contributed by atoms with E-state index in [4.69, 9.17) is 0 Å². The number of rotatable bonds is 2. The van der Waals surface area contributed by atoms with Crippen molar-refractivity contribution >= 4 is 24.5 Å². The molecule has 0 saturated carbocycles. The Hall–Kier alpha value is -0.810. The number of carbonyl (C=O) groups excluding carboxylic acids is 2. The number of nitrogens with one attached hydrogen (secondary N) is 1. The Kier molecular flexibility index (Phi) is 7.07. The highest BCUT2D eigenvalue weighted by molar-refractivity contribution is 5.85. The number of carbonyl (C=O) groups is 2. The molecular formula is C9H16ClNO4. The monoisotopic (exact) mass is 237 g/mol. The van der Waals surface area contributed by atoms with Gasteiger partial charge < -0.3 is 14.8 Å². The minimum atomic E-state index is -0.893. The zero-order valence-electron chi connectivity index (χ0n) is 8.65. The lowest BCUT2D eigenvalue weighted by Crippen LogP contribution is -2.33. The molecule has 0 atom stereocenters. The van der Waals surface area contributed by atoms with Crippen LogP contribution in [-0.2, 0) is 14.3 Å². The fourth-order valence-corrected chi connectivity index (χ4v) is 1.37. The van der Waals surface area contributed by atoms with Crippen LogP contribution in [0.2, 0.25) is 0 Å². The van der Waals surface area contributed by atoms with Crippen molar-refractivity contribution < 1.29 is 19.1 Å². The van der Waals surface area contributed by atoms with Crippen molar-refractivity contribution in [1.29, 1.82) is 0 Å². The zero-order valence-corrected chi connectivity index (χ0v) is 9.47. The van der Waals surface area contributed by atoms with Gasteiger partial charge in [-0.1, -0.05) is 0 Å². The molecule has 0 aliphatic carbocycles. The van der Waals surface area contributed by atoms with Gasteiger partial charge in [0.05, 0.1) is 12.5 Å². The number of hydrogen-bond donors (Lipinski definition) is 1. The van der Waals surface area contributed by atoms with Crippen molar-refractivity contribution in [3.05, 3.63) is 0 Å². The van der Waals surface area contributed by atoms with E-state index in [9.17, 15) is 9.59 Å². The molecule has 1 N–H and O–H groups in total. The SMILES string of the molecule is CCOC(=O)OC(=O)C1CCNCC1.Cl. The molecule has 0 radical (unpaired) electrons. The second-order valence-corrected chi connectivity index (χ2v) is 3.13. The van der Waals surface area contributed by atoms with Crippen LogP contribution in [0.25, 0.3) is 0 Å². The lowest BCUT2D eigenvalue weighted by atomic mass is 9.99. The molecule has 1 fully saturated rings. The number of esters is 1. The largest absolute Gasteiger partial charge is 0.516 e. The molecule has 1 rings (SSSR count). The molecule has 6 heteroatoms. The summed E-state index contributed by atoms with van der Waals surface area (Å²) in [6.45, 7) is 3.47. The molecule has 1 aliphatic rings. The standard InChI is InChI=1S/C9H15NO4.ClH/c1-2-13-9(12)14-8(11)7-3-5-10-6-4-7;/h7,10H,2-6H2,1H3;1H. The first-order chi connectivity index (χ1) is 6.74. The van der Waals surface area contributed by atoms with Gasteiger partial charge in [-0.15, -0.1) is 12.4 Å². The quantitative estimate of drug-likeness (QED) is 0.576. The molecule has 0 spiro atoms. The van der Waals surface area contributed by atoms with E-state index in [1.165, 1.54) is 0 Å². The summed E-state index contributed by atoms with van der Waals surface area (Å²) in [5.74, 6) is -0.634. The summed E-state index contributed by atoms with van der Waals surface area (Å²) in [5, 5.41) is 3.12. The van der Waals surface area contributed by atoms with Crippen LogP contribution in [0.3, 0.4) is 0 Å². The molecule has 0 amide bonds. The molecule has 0 aromatic rings. The Morgan fingerprint density at radius 2 is 1.93 bits per heavy atom. The molecule has 0 aromatic heterocycles. The lowest BCUT2D eigenvalue weighted by Gasteiger charge is -2.19. The molecule has 0 aromatic carbocycles. The van der Waals surface area contributed by atoms with Gasteiger partial charge in [-0.25, -0.2) is 4.79 Å². The van der Waals surface area contributed by atoms with Gasteiger partial charge in [0.15, 0.2) is 0 Å². The van der Waals surface area contributed by atoms with Crippen LogP contribution in [-0.4, -0.2) is 31.8 Å². The Morgan fingerprint density at radius 3 is 2.47 bits per heavy atom. The number of piperidine rings is 1. The predicted molar refractivity (Wildman–Crippen MR) is 56.0 cm³/mol. The van der Waals surface area contributed by atoms with Crippen LogP contribution in [0.1, 0.15) is 19.8 Å². The van der Waals surface area contributed by atoms with Gasteiger partial charge >= 0.3 is 12.1 Å². The van der Waals surface area contributed by atoms with Crippen molar-refractivity contribution in [2.75, 3.05) is 19.7 Å². The lowest BCUT2D eigenvalue weighted by molar-refractivity contribution is -0.145. The van der Waals surface area contributed by atoms with E-state index in [-0.39, 0.29) is 24.9 Å². The molecule has 1 aliphatic heterocycles. The smallest absolute Gasteiger partial charge is 0.434 e. The molecule has 1 heterocycles. The van der Waals surface area contributed by atoms with Crippen LogP contribution in [0.5, 0.6) is 0 Å². The van der Waals surface area contributed by atoms with Gasteiger partial charge in [0, 0.05) is 0 Å². The molecular weight excluding hydrogens is 222 g/mol. The Bertz CT molecular complexity index is 216. The minimum Gasteiger partial charge on any atom is -0.434 e. The number of halogens is 1. The summed E-state index contributed by atoms with van der Waals surface area (Å²) >= 11 is 0. The topological polar surface area (TPSA) is 64.6 Å². The molecule has 1 saturated heterocycles. The van der Waals surface area contributed by atoms with Crippen molar-refractivity contribution in [1.82, 2.24) is 5.32 Å². The fraction of sp³-hybridized carbons (Fsp3) is 0.778. The third-order valence-corrected chi connectivity index (χ3v) is 2.12. The average molecular weight is 238 g/mol. The maximum atomic E-state index is 11.3. The number of hydrogen-bond acceptors (Lipinski definition) is 5. The van der Waals surface area contributed by atoms with Gasteiger partial charge in [-0.05, 0) is 32.9 Å². The first-order valence-corrected chi connectivity index (χ1v) is 4.83. The first-order valence-electron chi connectivity index (χ1n) is 4.83. The number of ether oxygens (including phenoxy) is 2. The van der Waals surface area contributed by atoms with Crippen molar-refractivity contribution in [3.63, 3.8) is 0 Å². The summed E-state index contributed by atoms with van der Waals surface area (Å²) in [5.41, 5.74) is 0. The molecule has 88 valence electrons. The highest BCUT2D eigenvalue weighted by Gasteiger charge is 2.24. The van der Waals surface area contributed by atoms with Crippen LogP contribution >= 0.6 is 12.4 Å². The molecule has 0 unspecified atom stereocenters. The Balaban J connectivity index is 0.00000196. The van der Waals surface area contributed by atoms with Gasteiger partial charge in [-0.2, -0.15) is 0 Å². The average Bonchev–Trinajstić information content (AvgIpc) is 2.19. The maximum absolute atomic E-state index is 11.3. The summed E-state index contributed by atoms with van der Waals surface area (Å²) in [6.07, 6.45) is 0.548. The van der Waals surface area contributed by atoms with Gasteiger partial charge in [0.1, 0.15) is 0 Å². The Morgan fingerprint density at radius 1 is 1.33 bits per heavy atom. The molecule has 0 bridgehead atoms. The zero-order chi connectivity index (χ0) is 10.4. The predicted octanol–water partition coefficient (Wildman–Crippen LogP) is 1.11.